The van der Waals surface area contributed by atoms with Gasteiger partial charge in [-0.15, -0.1) is 0 Å². The lowest BCUT2D eigenvalue weighted by Crippen LogP contribution is -2.40. The molecule has 1 aromatic heterocycles. The van der Waals surface area contributed by atoms with Crippen LogP contribution in [0.1, 0.15) is 29.9 Å². The minimum Gasteiger partial charge on any atom is -0.494 e. The van der Waals surface area contributed by atoms with Crippen molar-refractivity contribution in [2.24, 2.45) is 0 Å². The van der Waals surface area contributed by atoms with E-state index in [1.807, 2.05) is 31.2 Å². The Morgan fingerprint density at radius 1 is 1.38 bits per heavy atom. The Kier molecular flexibility index (Phi) is 5.23. The summed E-state index contributed by atoms with van der Waals surface area (Å²) in [6.07, 6.45) is 2.03. The van der Waals surface area contributed by atoms with Gasteiger partial charge in [0.15, 0.2) is 0 Å². The number of amides is 1. The second-order valence-electron chi connectivity index (χ2n) is 5.37. The Labute approximate surface area is 140 Å². The van der Waals surface area contributed by atoms with Crippen LogP contribution in [0.2, 0.25) is 0 Å². The lowest BCUT2D eigenvalue weighted by atomic mass is 10.1. The van der Waals surface area contributed by atoms with Gasteiger partial charge in [0.25, 0.3) is 5.91 Å². The van der Waals surface area contributed by atoms with Crippen molar-refractivity contribution < 1.29 is 19.4 Å². The molecule has 0 saturated carbocycles. The molecule has 1 heterocycles. The summed E-state index contributed by atoms with van der Waals surface area (Å²) in [5.74, 6) is -0.787. The molecule has 0 spiro atoms. The van der Waals surface area contributed by atoms with Gasteiger partial charge in [0.1, 0.15) is 17.5 Å². The Bertz CT molecular complexity index is 754. The molecular weight excluding hydrogens is 310 g/mol. The molecular formula is C17H21N3O4. The molecule has 128 valence electrons. The summed E-state index contributed by atoms with van der Waals surface area (Å²) in [6.45, 7) is 3.39. The van der Waals surface area contributed by atoms with Crippen LogP contribution in [0, 0.1) is 0 Å². The number of para-hydroxylation sites is 2. The predicted molar refractivity (Wildman–Crippen MR) is 88.7 cm³/mol. The first-order valence-electron chi connectivity index (χ1n) is 7.62. The molecule has 2 rings (SSSR count). The Hall–Kier alpha value is -2.83. The Balaban J connectivity index is 2.47. The first kappa shape index (κ1) is 17.5. The van der Waals surface area contributed by atoms with E-state index in [-0.39, 0.29) is 5.91 Å². The second kappa shape index (κ2) is 7.16. The van der Waals surface area contributed by atoms with Gasteiger partial charge >= 0.3 is 5.97 Å². The summed E-state index contributed by atoms with van der Waals surface area (Å²) >= 11 is 0. The number of carbonyl (C=O) groups excluding carboxylic acids is 1. The van der Waals surface area contributed by atoms with Crippen molar-refractivity contribution in [3.05, 3.63) is 41.7 Å². The normalized spacial score (nSPS) is 11.8. The van der Waals surface area contributed by atoms with Gasteiger partial charge in [-0.25, -0.2) is 9.48 Å². The molecule has 2 aromatic rings. The lowest BCUT2D eigenvalue weighted by molar-refractivity contribution is -0.141. The zero-order valence-electron chi connectivity index (χ0n) is 14.2. The number of methoxy groups -OCH3 is 1. The SMILES string of the molecule is CCc1c(C(=O)N(C)C(C)C(=O)O)cnn1-c1ccccc1OC. The predicted octanol–water partition coefficient (Wildman–Crippen LogP) is 1.99. The molecule has 1 unspecified atom stereocenters. The summed E-state index contributed by atoms with van der Waals surface area (Å²) in [5, 5.41) is 13.4. The number of carboxylic acids is 1. The molecule has 0 bridgehead atoms. The molecule has 0 fully saturated rings. The molecule has 1 amide bonds. The average molecular weight is 331 g/mol. The van der Waals surface area contributed by atoms with E-state index in [2.05, 4.69) is 5.10 Å². The molecule has 0 aliphatic rings. The average Bonchev–Trinajstić information content (AvgIpc) is 3.03. The molecule has 0 radical (unpaired) electrons. The fourth-order valence-corrected chi connectivity index (χ4v) is 2.44. The van der Waals surface area contributed by atoms with Crippen molar-refractivity contribution in [3.8, 4) is 11.4 Å². The van der Waals surface area contributed by atoms with E-state index in [1.165, 1.54) is 25.1 Å². The van der Waals surface area contributed by atoms with Crippen LogP contribution in [0.4, 0.5) is 0 Å². The summed E-state index contributed by atoms with van der Waals surface area (Å²) in [6, 6.07) is 6.46. The zero-order chi connectivity index (χ0) is 17.9. The summed E-state index contributed by atoms with van der Waals surface area (Å²) in [7, 11) is 3.04. The van der Waals surface area contributed by atoms with Gasteiger partial charge in [-0.1, -0.05) is 19.1 Å². The van der Waals surface area contributed by atoms with Crippen molar-refractivity contribution in [1.82, 2.24) is 14.7 Å². The number of aromatic nitrogens is 2. The number of nitrogens with zero attached hydrogens (tertiary/aromatic N) is 3. The van der Waals surface area contributed by atoms with Gasteiger partial charge in [0, 0.05) is 7.05 Å². The maximum Gasteiger partial charge on any atom is 0.326 e. The monoisotopic (exact) mass is 331 g/mol. The second-order valence-corrected chi connectivity index (χ2v) is 5.37. The van der Waals surface area contributed by atoms with Gasteiger partial charge in [-0.05, 0) is 25.5 Å². The topological polar surface area (TPSA) is 84.7 Å². The van der Waals surface area contributed by atoms with E-state index >= 15 is 0 Å². The van der Waals surface area contributed by atoms with Crippen molar-refractivity contribution in [1.29, 1.82) is 0 Å². The van der Waals surface area contributed by atoms with Crippen LogP contribution in [0.25, 0.3) is 5.69 Å². The fourth-order valence-electron chi connectivity index (χ4n) is 2.44. The highest BCUT2D eigenvalue weighted by atomic mass is 16.5. The number of carboxylic acid groups (broad SMARTS) is 1. The van der Waals surface area contributed by atoms with E-state index in [0.29, 0.717) is 23.4 Å². The highest BCUT2D eigenvalue weighted by Crippen LogP contribution is 2.25. The fraction of sp³-hybridized carbons (Fsp3) is 0.353. The first-order valence-corrected chi connectivity index (χ1v) is 7.62. The van der Waals surface area contributed by atoms with Crippen molar-refractivity contribution in [2.45, 2.75) is 26.3 Å². The van der Waals surface area contributed by atoms with Gasteiger partial charge < -0.3 is 14.7 Å². The maximum atomic E-state index is 12.6. The Morgan fingerprint density at radius 2 is 2.04 bits per heavy atom. The maximum absolute atomic E-state index is 12.6. The van der Waals surface area contributed by atoms with Crippen LogP contribution in [-0.2, 0) is 11.2 Å². The van der Waals surface area contributed by atoms with E-state index in [4.69, 9.17) is 9.84 Å². The number of likely N-dealkylation sites (N-methyl/N-ethyl adjacent to an activating group) is 1. The third kappa shape index (κ3) is 3.10. The minimum atomic E-state index is -1.05. The quantitative estimate of drug-likeness (QED) is 0.875. The number of hydrogen-bond acceptors (Lipinski definition) is 4. The number of rotatable bonds is 6. The van der Waals surface area contributed by atoms with E-state index < -0.39 is 12.0 Å². The van der Waals surface area contributed by atoms with Crippen LogP contribution < -0.4 is 4.74 Å². The number of ether oxygens (including phenoxy) is 1. The summed E-state index contributed by atoms with van der Waals surface area (Å²) in [4.78, 5) is 25.0. The Morgan fingerprint density at radius 3 is 2.62 bits per heavy atom. The largest absolute Gasteiger partial charge is 0.494 e. The molecule has 1 N–H and O–H groups in total. The van der Waals surface area contributed by atoms with Crippen LogP contribution >= 0.6 is 0 Å². The molecule has 7 heteroatoms. The summed E-state index contributed by atoms with van der Waals surface area (Å²) in [5.41, 5.74) is 1.82. The molecule has 1 atom stereocenters. The molecule has 24 heavy (non-hydrogen) atoms. The molecule has 0 saturated heterocycles. The van der Waals surface area contributed by atoms with E-state index in [1.54, 1.807) is 11.8 Å². The summed E-state index contributed by atoms with van der Waals surface area (Å²) < 4.78 is 7.01. The molecule has 0 aliphatic heterocycles. The lowest BCUT2D eigenvalue weighted by Gasteiger charge is -2.21. The van der Waals surface area contributed by atoms with Crippen LogP contribution in [0.15, 0.2) is 30.5 Å². The van der Waals surface area contributed by atoms with E-state index in [9.17, 15) is 9.59 Å². The van der Waals surface area contributed by atoms with Gasteiger partial charge in [0.2, 0.25) is 0 Å². The zero-order valence-corrected chi connectivity index (χ0v) is 14.2. The number of hydrogen-bond donors (Lipinski definition) is 1. The standard InChI is InChI=1S/C17H21N3O4/c1-5-13-12(16(21)19(3)11(2)17(22)23)10-18-20(13)14-8-6-7-9-15(14)24-4/h6-11H,5H2,1-4H3,(H,22,23). The van der Waals surface area contributed by atoms with Crippen molar-refractivity contribution in [3.63, 3.8) is 0 Å². The minimum absolute atomic E-state index is 0.372. The van der Waals surface area contributed by atoms with Gasteiger partial charge in [-0.2, -0.15) is 5.10 Å². The molecule has 1 aromatic carbocycles. The van der Waals surface area contributed by atoms with Crippen LogP contribution in [0.3, 0.4) is 0 Å². The third-order valence-electron chi connectivity index (χ3n) is 4.01. The van der Waals surface area contributed by atoms with Crippen LogP contribution in [0.5, 0.6) is 5.75 Å². The number of carbonyl (C=O) groups is 2. The van der Waals surface area contributed by atoms with E-state index in [0.717, 1.165) is 5.69 Å². The van der Waals surface area contributed by atoms with Crippen LogP contribution in [-0.4, -0.2) is 51.9 Å². The third-order valence-corrected chi connectivity index (χ3v) is 4.01. The number of benzene rings is 1. The van der Waals surface area contributed by atoms with Gasteiger partial charge in [-0.3, -0.25) is 4.79 Å². The number of aliphatic carboxylic acids is 1. The molecule has 0 aliphatic carbocycles. The highest BCUT2D eigenvalue weighted by molar-refractivity contribution is 5.97. The van der Waals surface area contributed by atoms with Gasteiger partial charge in [0.05, 0.1) is 24.6 Å². The first-order chi connectivity index (χ1) is 11.4. The smallest absolute Gasteiger partial charge is 0.326 e. The van der Waals surface area contributed by atoms with Crippen molar-refractivity contribution in [2.75, 3.05) is 14.2 Å². The van der Waals surface area contributed by atoms with Crippen molar-refractivity contribution >= 4 is 11.9 Å². The molecule has 7 nitrogen and oxygen atoms in total. The highest BCUT2D eigenvalue weighted by Gasteiger charge is 2.26.